The Morgan fingerprint density at radius 3 is 2.30 bits per heavy atom. The minimum Gasteiger partial charge on any atom is -0.457 e. The molecule has 2 aromatic carbocycles. The summed E-state index contributed by atoms with van der Waals surface area (Å²) in [5, 5.41) is 10.1. The number of aryl methyl sites for hydroxylation is 2. The summed E-state index contributed by atoms with van der Waals surface area (Å²) in [7, 11) is 0. The highest BCUT2D eigenvalue weighted by atomic mass is 16.5. The van der Waals surface area contributed by atoms with Gasteiger partial charge in [0.05, 0.1) is 5.60 Å². The largest absolute Gasteiger partial charge is 0.457 e. The van der Waals surface area contributed by atoms with Crippen LogP contribution in [0.15, 0.2) is 42.5 Å². The van der Waals surface area contributed by atoms with Crippen molar-refractivity contribution in [2.24, 2.45) is 5.73 Å². The predicted molar refractivity (Wildman–Crippen MR) is 81.1 cm³/mol. The lowest BCUT2D eigenvalue weighted by atomic mass is 9.96. The summed E-state index contributed by atoms with van der Waals surface area (Å²) < 4.78 is 5.85. The normalized spacial score (nSPS) is 13.8. The summed E-state index contributed by atoms with van der Waals surface area (Å²) in [6, 6.07) is 13.4. The van der Waals surface area contributed by atoms with Gasteiger partial charge >= 0.3 is 0 Å². The summed E-state index contributed by atoms with van der Waals surface area (Å²) in [4.78, 5) is 0. The fraction of sp³-hybridized carbons (Fsp3) is 0.294. The Balaban J connectivity index is 2.19. The van der Waals surface area contributed by atoms with Gasteiger partial charge < -0.3 is 15.6 Å². The van der Waals surface area contributed by atoms with E-state index >= 15 is 0 Å². The molecule has 3 N–H and O–H groups in total. The summed E-state index contributed by atoms with van der Waals surface area (Å²) in [6.07, 6.45) is 0. The lowest BCUT2D eigenvalue weighted by Gasteiger charge is -2.21. The van der Waals surface area contributed by atoms with Gasteiger partial charge in [-0.1, -0.05) is 29.8 Å². The molecule has 0 saturated carbocycles. The number of hydrogen-bond donors (Lipinski definition) is 2. The zero-order chi connectivity index (χ0) is 14.8. The molecule has 3 heteroatoms. The predicted octanol–water partition coefficient (Wildman–Crippen LogP) is 3.26. The number of nitrogens with two attached hydrogens (primary N) is 1. The molecule has 0 radical (unpaired) electrons. The molecule has 20 heavy (non-hydrogen) atoms. The van der Waals surface area contributed by atoms with Crippen molar-refractivity contribution >= 4 is 0 Å². The van der Waals surface area contributed by atoms with E-state index in [1.807, 2.05) is 43.3 Å². The second-order valence-corrected chi connectivity index (χ2v) is 5.37. The third-order valence-corrected chi connectivity index (χ3v) is 3.43. The lowest BCUT2D eigenvalue weighted by Crippen LogP contribution is -2.31. The molecule has 0 heterocycles. The number of hydrogen-bond acceptors (Lipinski definition) is 3. The second-order valence-electron chi connectivity index (χ2n) is 5.37. The van der Waals surface area contributed by atoms with Crippen LogP contribution >= 0.6 is 0 Å². The summed E-state index contributed by atoms with van der Waals surface area (Å²) in [6.45, 7) is 5.97. The molecule has 0 fully saturated rings. The molecule has 3 nitrogen and oxygen atoms in total. The number of ether oxygens (including phenoxy) is 1. The smallest absolute Gasteiger partial charge is 0.130 e. The van der Waals surface area contributed by atoms with Crippen LogP contribution in [0.5, 0.6) is 11.5 Å². The second kappa shape index (κ2) is 5.65. The van der Waals surface area contributed by atoms with Crippen LogP contribution in [0, 0.1) is 13.8 Å². The van der Waals surface area contributed by atoms with Crippen LogP contribution in [-0.4, -0.2) is 11.7 Å². The van der Waals surface area contributed by atoms with Gasteiger partial charge in [-0.2, -0.15) is 0 Å². The molecule has 0 aliphatic carbocycles. The van der Waals surface area contributed by atoms with Gasteiger partial charge in [-0.25, -0.2) is 0 Å². The van der Waals surface area contributed by atoms with Crippen molar-refractivity contribution in [2.45, 2.75) is 26.4 Å². The minimum absolute atomic E-state index is 0.185. The Hall–Kier alpha value is -1.84. The van der Waals surface area contributed by atoms with E-state index < -0.39 is 5.60 Å². The average Bonchev–Trinajstić information content (AvgIpc) is 2.42. The van der Waals surface area contributed by atoms with Crippen LogP contribution in [0.1, 0.15) is 23.6 Å². The molecule has 0 saturated heterocycles. The molecule has 2 rings (SSSR count). The lowest BCUT2D eigenvalue weighted by molar-refractivity contribution is 0.0668. The fourth-order valence-corrected chi connectivity index (χ4v) is 2.04. The molecule has 0 spiro atoms. The van der Waals surface area contributed by atoms with Crippen molar-refractivity contribution in [1.82, 2.24) is 0 Å². The van der Waals surface area contributed by atoms with Crippen molar-refractivity contribution in [3.8, 4) is 11.5 Å². The average molecular weight is 271 g/mol. The molecule has 0 bridgehead atoms. The van der Waals surface area contributed by atoms with E-state index in [-0.39, 0.29) is 6.54 Å². The SMILES string of the molecule is Cc1ccc(Oc2ccc(C(C)(O)CN)cc2)c(C)c1. The van der Waals surface area contributed by atoms with E-state index in [4.69, 9.17) is 10.5 Å². The van der Waals surface area contributed by atoms with Crippen LogP contribution in [0.4, 0.5) is 0 Å². The van der Waals surface area contributed by atoms with Gasteiger partial charge in [0.15, 0.2) is 0 Å². The molecule has 0 amide bonds. The van der Waals surface area contributed by atoms with Crippen molar-refractivity contribution in [1.29, 1.82) is 0 Å². The van der Waals surface area contributed by atoms with Gasteiger partial charge in [-0.15, -0.1) is 0 Å². The van der Waals surface area contributed by atoms with E-state index in [1.165, 1.54) is 5.56 Å². The highest BCUT2D eigenvalue weighted by Gasteiger charge is 2.20. The maximum atomic E-state index is 10.1. The first-order valence-corrected chi connectivity index (χ1v) is 6.70. The molecule has 1 unspecified atom stereocenters. The highest BCUT2D eigenvalue weighted by Crippen LogP contribution is 2.27. The third kappa shape index (κ3) is 3.18. The Bertz CT molecular complexity index is 588. The summed E-state index contributed by atoms with van der Waals surface area (Å²) in [5.41, 5.74) is 7.65. The maximum absolute atomic E-state index is 10.1. The maximum Gasteiger partial charge on any atom is 0.130 e. The summed E-state index contributed by atoms with van der Waals surface area (Å²) in [5.74, 6) is 1.59. The number of rotatable bonds is 4. The third-order valence-electron chi connectivity index (χ3n) is 3.43. The van der Waals surface area contributed by atoms with Gasteiger partial charge in [0.1, 0.15) is 11.5 Å². The molecule has 1 atom stereocenters. The van der Waals surface area contributed by atoms with Crippen molar-refractivity contribution in [3.63, 3.8) is 0 Å². The molecule has 0 aliphatic heterocycles. The Morgan fingerprint density at radius 2 is 1.75 bits per heavy atom. The molecular formula is C17H21NO2. The molecule has 0 aliphatic rings. The Labute approximate surface area is 120 Å². The van der Waals surface area contributed by atoms with Crippen molar-refractivity contribution in [3.05, 3.63) is 59.2 Å². The number of aliphatic hydroxyl groups is 1. The van der Waals surface area contributed by atoms with Gasteiger partial charge in [-0.05, 0) is 50.1 Å². The van der Waals surface area contributed by atoms with Crippen LogP contribution in [0.25, 0.3) is 0 Å². The first kappa shape index (κ1) is 14.6. The Morgan fingerprint density at radius 1 is 1.10 bits per heavy atom. The van der Waals surface area contributed by atoms with Crippen LogP contribution in [0.3, 0.4) is 0 Å². The first-order valence-electron chi connectivity index (χ1n) is 6.70. The fourth-order valence-electron chi connectivity index (χ4n) is 2.04. The monoisotopic (exact) mass is 271 g/mol. The van der Waals surface area contributed by atoms with Crippen LogP contribution in [0.2, 0.25) is 0 Å². The quantitative estimate of drug-likeness (QED) is 0.897. The van der Waals surface area contributed by atoms with E-state index in [0.717, 1.165) is 22.6 Å². The Kier molecular flexibility index (Phi) is 4.12. The van der Waals surface area contributed by atoms with Gasteiger partial charge in [0.25, 0.3) is 0 Å². The van der Waals surface area contributed by atoms with Gasteiger partial charge in [0.2, 0.25) is 0 Å². The minimum atomic E-state index is -1.00. The van der Waals surface area contributed by atoms with Crippen LogP contribution < -0.4 is 10.5 Å². The molecule has 2 aromatic rings. The standard InChI is InChI=1S/C17H21NO2/c1-12-4-9-16(13(2)10-12)20-15-7-5-14(6-8-15)17(3,19)11-18/h4-10,19H,11,18H2,1-3H3. The zero-order valence-corrected chi connectivity index (χ0v) is 12.2. The highest BCUT2D eigenvalue weighted by molar-refractivity contribution is 5.40. The van der Waals surface area contributed by atoms with Crippen molar-refractivity contribution in [2.75, 3.05) is 6.54 Å². The van der Waals surface area contributed by atoms with E-state index in [1.54, 1.807) is 6.92 Å². The number of benzene rings is 2. The van der Waals surface area contributed by atoms with E-state index in [9.17, 15) is 5.11 Å². The summed E-state index contributed by atoms with van der Waals surface area (Å²) >= 11 is 0. The van der Waals surface area contributed by atoms with Crippen molar-refractivity contribution < 1.29 is 9.84 Å². The first-order chi connectivity index (χ1) is 9.42. The molecule has 106 valence electrons. The van der Waals surface area contributed by atoms with Gasteiger partial charge in [0, 0.05) is 6.54 Å². The van der Waals surface area contributed by atoms with Gasteiger partial charge in [-0.3, -0.25) is 0 Å². The van der Waals surface area contributed by atoms with Crippen LogP contribution in [-0.2, 0) is 5.60 Å². The van der Waals surface area contributed by atoms with E-state index in [0.29, 0.717) is 0 Å². The zero-order valence-electron chi connectivity index (χ0n) is 12.2. The molecule has 0 aromatic heterocycles. The van der Waals surface area contributed by atoms with E-state index in [2.05, 4.69) is 13.0 Å². The molecular weight excluding hydrogens is 250 g/mol. The topological polar surface area (TPSA) is 55.5 Å².